The molecule has 1 amide bonds. The van der Waals surface area contributed by atoms with E-state index in [-0.39, 0.29) is 5.91 Å². The maximum absolute atomic E-state index is 13.1. The number of nitrogens with zero attached hydrogens (tertiary/aromatic N) is 3. The largest absolute Gasteiger partial charge is 0.379 e. The molecule has 0 atom stereocenters. The van der Waals surface area contributed by atoms with E-state index in [9.17, 15) is 4.79 Å². The summed E-state index contributed by atoms with van der Waals surface area (Å²) in [5.41, 5.74) is 0.938. The van der Waals surface area contributed by atoms with Gasteiger partial charge in [-0.2, -0.15) is 0 Å². The number of ether oxygens (including phenoxy) is 1. The van der Waals surface area contributed by atoms with Crippen LogP contribution < -0.4 is 4.90 Å². The molecule has 148 valence electrons. The maximum atomic E-state index is 13.1. The molecular weight excluding hydrogens is 414 g/mol. The second-order valence-electron chi connectivity index (χ2n) is 6.70. The summed E-state index contributed by atoms with van der Waals surface area (Å²) in [6.07, 6.45) is 1.26. The van der Waals surface area contributed by atoms with E-state index in [1.54, 1.807) is 11.3 Å². The molecule has 28 heavy (non-hydrogen) atoms. The molecule has 4 rings (SSSR count). The Hall–Kier alpha value is -1.51. The van der Waals surface area contributed by atoms with Gasteiger partial charge in [0.1, 0.15) is 0 Å². The van der Waals surface area contributed by atoms with Gasteiger partial charge in [-0.15, -0.1) is 11.3 Å². The summed E-state index contributed by atoms with van der Waals surface area (Å²) in [7, 11) is 0. The Kier molecular flexibility index (Phi) is 6.59. The number of anilines is 1. The number of para-hydroxylation sites is 1. The molecular formula is C20H22ClN3O2S2. The highest BCUT2D eigenvalue weighted by Gasteiger charge is 2.21. The Morgan fingerprint density at radius 3 is 2.75 bits per heavy atom. The lowest BCUT2D eigenvalue weighted by Crippen LogP contribution is -2.39. The molecule has 0 spiro atoms. The Morgan fingerprint density at radius 2 is 2.00 bits per heavy atom. The number of fused-ring (bicyclic) bond motifs is 1. The van der Waals surface area contributed by atoms with Crippen molar-refractivity contribution in [3.63, 3.8) is 0 Å². The molecule has 0 unspecified atom stereocenters. The summed E-state index contributed by atoms with van der Waals surface area (Å²) in [4.78, 5) is 23.0. The second kappa shape index (κ2) is 9.33. The van der Waals surface area contributed by atoms with E-state index in [1.807, 2.05) is 41.3 Å². The van der Waals surface area contributed by atoms with Gasteiger partial charge in [0.05, 0.1) is 34.2 Å². The quantitative estimate of drug-likeness (QED) is 0.554. The van der Waals surface area contributed by atoms with Crippen molar-refractivity contribution in [1.29, 1.82) is 0 Å². The highest BCUT2D eigenvalue weighted by molar-refractivity contribution is 7.22. The van der Waals surface area contributed by atoms with Crippen molar-refractivity contribution in [2.45, 2.75) is 12.8 Å². The topological polar surface area (TPSA) is 45.7 Å². The highest BCUT2D eigenvalue weighted by Crippen LogP contribution is 2.30. The third-order valence-electron chi connectivity index (χ3n) is 4.73. The first kappa shape index (κ1) is 19.8. The van der Waals surface area contributed by atoms with Crippen molar-refractivity contribution in [1.82, 2.24) is 9.88 Å². The fourth-order valence-corrected chi connectivity index (χ4v) is 5.36. The fourth-order valence-electron chi connectivity index (χ4n) is 3.27. The van der Waals surface area contributed by atoms with E-state index in [0.717, 1.165) is 59.5 Å². The molecule has 8 heteroatoms. The Balaban J connectivity index is 1.48. The summed E-state index contributed by atoms with van der Waals surface area (Å²) < 4.78 is 7.22. The van der Waals surface area contributed by atoms with Crippen molar-refractivity contribution in [2.24, 2.45) is 0 Å². The van der Waals surface area contributed by atoms with Crippen LogP contribution in [0.25, 0.3) is 10.2 Å². The SMILES string of the molecule is O=C(Cc1ccc(Cl)s1)N(CCCN1CCOCC1)c1nc2ccccc2s1. The van der Waals surface area contributed by atoms with Gasteiger partial charge in [-0.1, -0.05) is 35.1 Å². The lowest BCUT2D eigenvalue weighted by atomic mass is 10.3. The summed E-state index contributed by atoms with van der Waals surface area (Å²) in [6, 6.07) is 11.8. The number of hydrogen-bond donors (Lipinski definition) is 0. The van der Waals surface area contributed by atoms with E-state index in [2.05, 4.69) is 4.90 Å². The van der Waals surface area contributed by atoms with Crippen LogP contribution in [-0.2, 0) is 16.0 Å². The number of hydrogen-bond acceptors (Lipinski definition) is 6. The van der Waals surface area contributed by atoms with Gasteiger partial charge in [0.25, 0.3) is 0 Å². The van der Waals surface area contributed by atoms with Crippen molar-refractivity contribution in [2.75, 3.05) is 44.3 Å². The van der Waals surface area contributed by atoms with E-state index >= 15 is 0 Å². The molecule has 0 bridgehead atoms. The van der Waals surface area contributed by atoms with Crippen LogP contribution in [0.4, 0.5) is 5.13 Å². The van der Waals surface area contributed by atoms with Crippen LogP contribution in [0.1, 0.15) is 11.3 Å². The molecule has 1 aliphatic heterocycles. The van der Waals surface area contributed by atoms with Gasteiger partial charge < -0.3 is 4.74 Å². The molecule has 0 radical (unpaired) electrons. The van der Waals surface area contributed by atoms with Crippen LogP contribution in [0.5, 0.6) is 0 Å². The zero-order valence-corrected chi connectivity index (χ0v) is 17.9. The van der Waals surface area contributed by atoms with Crippen LogP contribution in [-0.4, -0.2) is 55.2 Å². The number of amides is 1. The average Bonchev–Trinajstić information content (AvgIpc) is 3.31. The smallest absolute Gasteiger partial charge is 0.234 e. The molecule has 0 N–H and O–H groups in total. The highest BCUT2D eigenvalue weighted by atomic mass is 35.5. The standard InChI is InChI=1S/C20H22ClN3O2S2/c21-18-7-6-15(27-18)14-19(25)24(9-3-8-23-10-12-26-13-11-23)20-22-16-4-1-2-5-17(16)28-20/h1-2,4-7H,3,8-14H2. The molecule has 1 saturated heterocycles. The number of morpholine rings is 1. The first-order valence-electron chi connectivity index (χ1n) is 9.39. The summed E-state index contributed by atoms with van der Waals surface area (Å²) >= 11 is 9.06. The van der Waals surface area contributed by atoms with Crippen LogP contribution in [0.2, 0.25) is 4.34 Å². The Morgan fingerprint density at radius 1 is 1.18 bits per heavy atom. The molecule has 3 aromatic rings. The molecule has 1 fully saturated rings. The normalized spacial score (nSPS) is 15.2. The average molecular weight is 436 g/mol. The summed E-state index contributed by atoms with van der Waals surface area (Å²) in [6.45, 7) is 5.13. The number of thiazole rings is 1. The van der Waals surface area contributed by atoms with Gasteiger partial charge in [-0.05, 0) is 30.7 Å². The van der Waals surface area contributed by atoms with Crippen molar-refractivity contribution in [3.05, 3.63) is 45.6 Å². The van der Waals surface area contributed by atoms with Crippen LogP contribution in [0, 0.1) is 0 Å². The number of carbonyl (C=O) groups excluding carboxylic acids is 1. The van der Waals surface area contributed by atoms with Gasteiger partial charge in [-0.3, -0.25) is 14.6 Å². The van der Waals surface area contributed by atoms with Crippen molar-refractivity contribution >= 4 is 55.5 Å². The predicted molar refractivity (Wildman–Crippen MR) is 117 cm³/mol. The molecule has 1 aromatic carbocycles. The van der Waals surface area contributed by atoms with E-state index < -0.39 is 0 Å². The zero-order valence-electron chi connectivity index (χ0n) is 15.5. The van der Waals surface area contributed by atoms with Gasteiger partial charge in [-0.25, -0.2) is 4.98 Å². The van der Waals surface area contributed by atoms with Gasteiger partial charge >= 0.3 is 0 Å². The number of benzene rings is 1. The van der Waals surface area contributed by atoms with Gasteiger partial charge in [0.2, 0.25) is 5.91 Å². The predicted octanol–water partition coefficient (Wildman–Crippen LogP) is 4.31. The second-order valence-corrected chi connectivity index (χ2v) is 9.51. The lowest BCUT2D eigenvalue weighted by molar-refractivity contribution is -0.118. The molecule has 0 aliphatic carbocycles. The number of aromatic nitrogens is 1. The van der Waals surface area contributed by atoms with Crippen LogP contribution in [0.3, 0.4) is 0 Å². The van der Waals surface area contributed by atoms with Gasteiger partial charge in [0, 0.05) is 31.1 Å². The number of thiophene rings is 1. The van der Waals surface area contributed by atoms with Crippen LogP contribution in [0.15, 0.2) is 36.4 Å². The number of carbonyl (C=O) groups is 1. The molecule has 2 aromatic heterocycles. The van der Waals surface area contributed by atoms with Crippen LogP contribution >= 0.6 is 34.3 Å². The molecule has 0 saturated carbocycles. The molecule has 1 aliphatic rings. The number of rotatable bonds is 7. The first-order valence-corrected chi connectivity index (χ1v) is 11.4. The van der Waals surface area contributed by atoms with E-state index in [1.165, 1.54) is 11.3 Å². The Labute approximate surface area is 177 Å². The maximum Gasteiger partial charge on any atom is 0.234 e. The summed E-state index contributed by atoms with van der Waals surface area (Å²) in [5.74, 6) is 0.0690. The minimum absolute atomic E-state index is 0.0690. The van der Waals surface area contributed by atoms with Gasteiger partial charge in [0.15, 0.2) is 5.13 Å². The monoisotopic (exact) mass is 435 g/mol. The first-order chi connectivity index (χ1) is 13.7. The third-order valence-corrected chi connectivity index (χ3v) is 7.02. The van der Waals surface area contributed by atoms with E-state index in [0.29, 0.717) is 17.3 Å². The zero-order chi connectivity index (χ0) is 19.3. The molecule has 3 heterocycles. The van der Waals surface area contributed by atoms with Crippen molar-refractivity contribution < 1.29 is 9.53 Å². The van der Waals surface area contributed by atoms with Crippen molar-refractivity contribution in [3.8, 4) is 0 Å². The lowest BCUT2D eigenvalue weighted by Gasteiger charge is -2.27. The summed E-state index contributed by atoms with van der Waals surface area (Å²) in [5, 5.41) is 0.774. The number of halogens is 1. The minimum atomic E-state index is 0.0690. The van der Waals surface area contributed by atoms with E-state index in [4.69, 9.17) is 21.3 Å². The minimum Gasteiger partial charge on any atom is -0.379 e. The Bertz CT molecular complexity index is 903. The fraction of sp³-hybridized carbons (Fsp3) is 0.400. The third kappa shape index (κ3) is 4.90. The molecule has 5 nitrogen and oxygen atoms in total.